The van der Waals surface area contributed by atoms with Crippen LogP contribution in [0.1, 0.15) is 18.5 Å². The van der Waals surface area contributed by atoms with E-state index in [4.69, 9.17) is 22.1 Å². The molecule has 1 aliphatic heterocycles. The van der Waals surface area contributed by atoms with Gasteiger partial charge < -0.3 is 10.5 Å². The summed E-state index contributed by atoms with van der Waals surface area (Å²) in [5, 5.41) is 0.462. The lowest BCUT2D eigenvalue weighted by molar-refractivity contribution is 0.230. The number of hydrogen-bond acceptors (Lipinski definition) is 4. The molecule has 0 radical (unpaired) electrons. The van der Waals surface area contributed by atoms with Gasteiger partial charge in [0, 0.05) is 6.04 Å². The summed E-state index contributed by atoms with van der Waals surface area (Å²) in [6.07, 6.45) is -0.279. The molecule has 1 heterocycles. The highest BCUT2D eigenvalue weighted by Crippen LogP contribution is 2.29. The van der Waals surface area contributed by atoms with Gasteiger partial charge in [-0.25, -0.2) is 8.42 Å². The molecule has 0 saturated carbocycles. The molecule has 0 spiro atoms. The quantitative estimate of drug-likeness (QED) is 0.908. The van der Waals surface area contributed by atoms with Crippen molar-refractivity contribution in [3.05, 3.63) is 28.8 Å². The monoisotopic (exact) mass is 275 g/mol. The van der Waals surface area contributed by atoms with Crippen LogP contribution in [0.25, 0.3) is 0 Å². The molecule has 1 saturated heterocycles. The van der Waals surface area contributed by atoms with Crippen molar-refractivity contribution in [3.8, 4) is 5.75 Å². The number of ether oxygens (including phenoxy) is 1. The second-order valence-corrected chi connectivity index (χ2v) is 6.86. The van der Waals surface area contributed by atoms with Gasteiger partial charge in [0.25, 0.3) is 0 Å². The van der Waals surface area contributed by atoms with Gasteiger partial charge in [-0.1, -0.05) is 17.7 Å². The second-order valence-electron chi connectivity index (χ2n) is 4.30. The van der Waals surface area contributed by atoms with Crippen LogP contribution < -0.4 is 10.5 Å². The Morgan fingerprint density at radius 1 is 1.47 bits per heavy atom. The Morgan fingerprint density at radius 3 is 2.59 bits per heavy atom. The molecule has 0 aliphatic carbocycles. The van der Waals surface area contributed by atoms with E-state index in [0.717, 1.165) is 5.56 Å². The molecular formula is C11H14ClNO3S. The largest absolute Gasteiger partial charge is 0.487 e. The van der Waals surface area contributed by atoms with Gasteiger partial charge >= 0.3 is 0 Å². The summed E-state index contributed by atoms with van der Waals surface area (Å²) in [6, 6.07) is 5.21. The molecule has 0 bridgehead atoms. The van der Waals surface area contributed by atoms with E-state index in [0.29, 0.717) is 10.8 Å². The van der Waals surface area contributed by atoms with Gasteiger partial charge in [-0.3, -0.25) is 0 Å². The average molecular weight is 276 g/mol. The van der Waals surface area contributed by atoms with Crippen LogP contribution in [-0.2, 0) is 9.84 Å². The zero-order valence-electron chi connectivity index (χ0n) is 9.39. The van der Waals surface area contributed by atoms with Gasteiger partial charge in [0.2, 0.25) is 0 Å². The molecule has 17 heavy (non-hydrogen) atoms. The van der Waals surface area contributed by atoms with Crippen LogP contribution in [0, 0.1) is 0 Å². The third-order valence-corrected chi connectivity index (χ3v) is 4.71. The summed E-state index contributed by atoms with van der Waals surface area (Å²) in [5.41, 5.74) is 6.65. The Labute approximate surface area is 106 Å². The van der Waals surface area contributed by atoms with Gasteiger partial charge in [-0.2, -0.15) is 0 Å². The minimum absolute atomic E-state index is 0.0678. The molecule has 2 N–H and O–H groups in total. The Hall–Kier alpha value is -0.780. The molecule has 1 fully saturated rings. The predicted molar refractivity (Wildman–Crippen MR) is 67.1 cm³/mol. The van der Waals surface area contributed by atoms with E-state index >= 15 is 0 Å². The van der Waals surface area contributed by atoms with Crippen LogP contribution in [0.5, 0.6) is 5.75 Å². The molecule has 1 aromatic carbocycles. The van der Waals surface area contributed by atoms with E-state index in [1.165, 1.54) is 0 Å². The standard InChI is InChI=1S/C11H14ClNO3S/c1-7(13)8-2-3-11(10(12)4-8)16-9-5-17(14,15)6-9/h2-4,7,9H,5-6,13H2,1H3. The van der Waals surface area contributed by atoms with Gasteiger partial charge in [-0.15, -0.1) is 0 Å². The van der Waals surface area contributed by atoms with Crippen LogP contribution >= 0.6 is 11.6 Å². The van der Waals surface area contributed by atoms with Crippen LogP contribution in [0.4, 0.5) is 0 Å². The topological polar surface area (TPSA) is 69.4 Å². The van der Waals surface area contributed by atoms with Gasteiger partial charge in [0.05, 0.1) is 16.5 Å². The minimum Gasteiger partial charge on any atom is -0.487 e. The molecule has 1 atom stereocenters. The minimum atomic E-state index is -2.87. The molecule has 1 aromatic rings. The number of benzene rings is 1. The number of halogens is 1. The Morgan fingerprint density at radius 2 is 2.12 bits per heavy atom. The predicted octanol–water partition coefficient (Wildman–Crippen LogP) is 1.54. The summed E-state index contributed by atoms with van der Waals surface area (Å²) in [6.45, 7) is 1.87. The molecule has 4 nitrogen and oxygen atoms in total. The second kappa shape index (κ2) is 4.48. The lowest BCUT2D eigenvalue weighted by Crippen LogP contribution is -2.45. The SMILES string of the molecule is CC(N)c1ccc(OC2CS(=O)(=O)C2)c(Cl)c1. The number of sulfone groups is 1. The normalized spacial score (nSPS) is 20.6. The summed E-state index contributed by atoms with van der Waals surface area (Å²) in [5.74, 6) is 0.646. The van der Waals surface area contributed by atoms with E-state index in [1.54, 1.807) is 12.1 Å². The Kier molecular flexibility index (Phi) is 3.34. The van der Waals surface area contributed by atoms with Crippen LogP contribution in [0.2, 0.25) is 5.02 Å². The van der Waals surface area contributed by atoms with Crippen molar-refractivity contribution < 1.29 is 13.2 Å². The van der Waals surface area contributed by atoms with E-state index in [2.05, 4.69) is 0 Å². The van der Waals surface area contributed by atoms with Gasteiger partial charge in [0.1, 0.15) is 11.9 Å². The Bertz CT molecular complexity index is 516. The highest BCUT2D eigenvalue weighted by Gasteiger charge is 2.35. The number of rotatable bonds is 3. The first-order valence-corrected chi connectivity index (χ1v) is 7.49. The maximum Gasteiger partial charge on any atom is 0.157 e. The maximum atomic E-state index is 11.0. The maximum absolute atomic E-state index is 11.0. The van der Waals surface area contributed by atoms with Gasteiger partial charge in [-0.05, 0) is 24.6 Å². The molecule has 0 aromatic heterocycles. The average Bonchev–Trinajstić information content (AvgIpc) is 2.17. The summed E-state index contributed by atoms with van der Waals surface area (Å²) >= 11 is 6.04. The first kappa shape index (κ1) is 12.7. The summed E-state index contributed by atoms with van der Waals surface area (Å²) in [4.78, 5) is 0. The zero-order valence-corrected chi connectivity index (χ0v) is 11.0. The van der Waals surface area contributed by atoms with Crippen molar-refractivity contribution in [2.45, 2.75) is 19.1 Å². The molecule has 2 rings (SSSR count). The highest BCUT2D eigenvalue weighted by molar-refractivity contribution is 7.92. The van der Waals surface area contributed by atoms with E-state index in [9.17, 15) is 8.42 Å². The Balaban J connectivity index is 2.08. The molecule has 0 amide bonds. The van der Waals surface area contributed by atoms with E-state index in [-0.39, 0.29) is 23.7 Å². The molecular weight excluding hydrogens is 262 g/mol. The fourth-order valence-electron chi connectivity index (χ4n) is 1.66. The molecule has 94 valence electrons. The lowest BCUT2D eigenvalue weighted by Gasteiger charge is -2.27. The van der Waals surface area contributed by atoms with Crippen molar-refractivity contribution in [1.29, 1.82) is 0 Å². The van der Waals surface area contributed by atoms with Crippen molar-refractivity contribution in [3.63, 3.8) is 0 Å². The van der Waals surface area contributed by atoms with E-state index in [1.807, 2.05) is 13.0 Å². The fraction of sp³-hybridized carbons (Fsp3) is 0.455. The fourth-order valence-corrected chi connectivity index (χ4v) is 3.07. The van der Waals surface area contributed by atoms with Crippen LogP contribution in [0.3, 0.4) is 0 Å². The number of nitrogens with two attached hydrogens (primary N) is 1. The van der Waals surface area contributed by atoms with Crippen molar-refractivity contribution in [2.24, 2.45) is 5.73 Å². The van der Waals surface area contributed by atoms with Crippen molar-refractivity contribution in [1.82, 2.24) is 0 Å². The van der Waals surface area contributed by atoms with Crippen molar-refractivity contribution >= 4 is 21.4 Å². The van der Waals surface area contributed by atoms with Crippen molar-refractivity contribution in [2.75, 3.05) is 11.5 Å². The summed E-state index contributed by atoms with van der Waals surface area (Å²) < 4.78 is 27.5. The molecule has 1 aliphatic rings. The highest BCUT2D eigenvalue weighted by atomic mass is 35.5. The first-order chi connectivity index (χ1) is 7.87. The van der Waals surface area contributed by atoms with Crippen LogP contribution in [0.15, 0.2) is 18.2 Å². The zero-order chi connectivity index (χ0) is 12.6. The third-order valence-electron chi connectivity index (χ3n) is 2.66. The first-order valence-electron chi connectivity index (χ1n) is 5.29. The smallest absolute Gasteiger partial charge is 0.157 e. The third kappa shape index (κ3) is 2.91. The molecule has 1 unspecified atom stereocenters. The number of hydrogen-bond donors (Lipinski definition) is 1. The van der Waals surface area contributed by atoms with Crippen LogP contribution in [-0.4, -0.2) is 26.0 Å². The lowest BCUT2D eigenvalue weighted by atomic mass is 10.1. The molecule has 6 heteroatoms. The summed E-state index contributed by atoms with van der Waals surface area (Å²) in [7, 11) is -2.87. The van der Waals surface area contributed by atoms with E-state index < -0.39 is 9.84 Å². The van der Waals surface area contributed by atoms with Gasteiger partial charge in [0.15, 0.2) is 9.84 Å².